The van der Waals surface area contributed by atoms with Gasteiger partial charge in [-0.15, -0.1) is 0 Å². The zero-order valence-electron chi connectivity index (χ0n) is 24.4. The molecule has 3 N–H and O–H groups in total. The lowest BCUT2D eigenvalue weighted by molar-refractivity contribution is -0.139. The summed E-state index contributed by atoms with van der Waals surface area (Å²) in [4.78, 5) is 37.4. The van der Waals surface area contributed by atoms with Crippen LogP contribution in [0.1, 0.15) is 36.6 Å². The predicted octanol–water partition coefficient (Wildman–Crippen LogP) is 6.01. The van der Waals surface area contributed by atoms with Gasteiger partial charge >= 0.3 is 12.0 Å². The first-order valence-electron chi connectivity index (χ1n) is 13.5. The second-order valence-electron chi connectivity index (χ2n) is 9.51. The number of amides is 3. The van der Waals surface area contributed by atoms with Crippen LogP contribution < -0.4 is 30.3 Å². The summed E-state index contributed by atoms with van der Waals surface area (Å²) in [5.74, 6) is 0.0949. The first-order valence-corrected chi connectivity index (χ1v) is 15.8. The van der Waals surface area contributed by atoms with Crippen LogP contribution in [0.25, 0.3) is 0 Å². The van der Waals surface area contributed by atoms with E-state index >= 15 is 0 Å². The number of allylic oxidation sites excluding steroid dienone is 1. The number of rotatable bonds is 12. The quantitative estimate of drug-likeness (QED) is 0.0882. The van der Waals surface area contributed by atoms with E-state index in [2.05, 4.69) is 59.7 Å². The van der Waals surface area contributed by atoms with Gasteiger partial charge in [-0.3, -0.25) is 4.79 Å². The summed E-state index contributed by atoms with van der Waals surface area (Å²) >= 11 is 11.7. The molecule has 1 aliphatic rings. The number of nitrogens with zero attached hydrogens (tertiary/aromatic N) is 1. The zero-order chi connectivity index (χ0) is 32.5. The van der Waals surface area contributed by atoms with Crippen LogP contribution in [0.5, 0.6) is 17.2 Å². The van der Waals surface area contributed by atoms with E-state index in [4.69, 9.17) is 30.5 Å². The van der Waals surface area contributed by atoms with Crippen molar-refractivity contribution in [2.75, 3.05) is 20.3 Å². The summed E-state index contributed by atoms with van der Waals surface area (Å²) in [6.45, 7) is 3.44. The minimum absolute atomic E-state index is 0.180. The van der Waals surface area contributed by atoms with Gasteiger partial charge in [0, 0.05) is 20.8 Å². The molecule has 14 heteroatoms. The fourth-order valence-electron chi connectivity index (χ4n) is 4.37. The topological polar surface area (TPSA) is 137 Å². The van der Waals surface area contributed by atoms with Crippen LogP contribution in [0.3, 0.4) is 0 Å². The van der Waals surface area contributed by atoms with Crippen molar-refractivity contribution in [3.05, 3.63) is 95.6 Å². The molecule has 1 atom stereocenters. The second-order valence-corrected chi connectivity index (χ2v) is 12.0. The number of nitrogens with one attached hydrogen (secondary N) is 3. The van der Waals surface area contributed by atoms with E-state index in [-0.39, 0.29) is 24.5 Å². The second kappa shape index (κ2) is 16.0. The molecule has 0 aliphatic carbocycles. The van der Waals surface area contributed by atoms with Crippen LogP contribution >= 0.6 is 50.1 Å². The minimum atomic E-state index is -0.779. The highest BCUT2D eigenvalue weighted by molar-refractivity contribution is 14.1. The van der Waals surface area contributed by atoms with E-state index in [1.54, 1.807) is 38.1 Å². The van der Waals surface area contributed by atoms with E-state index in [9.17, 15) is 14.4 Å². The van der Waals surface area contributed by atoms with Crippen molar-refractivity contribution in [2.45, 2.75) is 26.5 Å². The molecule has 3 amide bonds. The van der Waals surface area contributed by atoms with Gasteiger partial charge in [0.15, 0.2) is 18.1 Å². The third-order valence-corrected chi connectivity index (χ3v) is 7.84. The van der Waals surface area contributed by atoms with Crippen LogP contribution in [0, 0.1) is 3.57 Å². The molecular weight excluding hydrogens is 783 g/mol. The Bertz CT molecular complexity index is 1670. The van der Waals surface area contributed by atoms with Crippen LogP contribution in [-0.2, 0) is 20.9 Å². The molecule has 4 rings (SSSR count). The van der Waals surface area contributed by atoms with E-state index < -0.39 is 23.9 Å². The van der Waals surface area contributed by atoms with Crippen LogP contribution in [0.2, 0.25) is 5.02 Å². The van der Waals surface area contributed by atoms with Crippen molar-refractivity contribution in [2.24, 2.45) is 5.10 Å². The Kier molecular flexibility index (Phi) is 12.1. The van der Waals surface area contributed by atoms with E-state index in [1.165, 1.54) is 13.3 Å². The molecule has 0 spiro atoms. The zero-order valence-corrected chi connectivity index (χ0v) is 28.9. The Morgan fingerprint density at radius 2 is 1.93 bits per heavy atom. The van der Waals surface area contributed by atoms with Crippen molar-refractivity contribution in [3.8, 4) is 17.2 Å². The molecule has 45 heavy (non-hydrogen) atoms. The SMILES string of the molecule is CCOC(=O)C1=C(C)NC(=O)N[C@H]1c1ccc(OCC(=O)N/N=C/c2cc(Br)cc(I)c2OCc2cccc(Cl)c2)c(OC)c1. The van der Waals surface area contributed by atoms with Gasteiger partial charge in [-0.2, -0.15) is 5.10 Å². The summed E-state index contributed by atoms with van der Waals surface area (Å²) in [6.07, 6.45) is 1.48. The van der Waals surface area contributed by atoms with Crippen molar-refractivity contribution in [3.63, 3.8) is 0 Å². The van der Waals surface area contributed by atoms with Gasteiger partial charge in [-0.1, -0.05) is 45.7 Å². The first-order chi connectivity index (χ1) is 21.6. The van der Waals surface area contributed by atoms with Crippen molar-refractivity contribution in [1.82, 2.24) is 16.1 Å². The Labute approximate surface area is 286 Å². The molecule has 0 radical (unpaired) electrons. The maximum absolute atomic E-state index is 12.6. The standard InChI is InChI=1S/C31H29BrClIN4O7/c1-4-43-30(40)27-17(2)36-31(41)37-28(27)19-8-9-24(25(12-19)42-3)44-16-26(39)38-35-14-20-11-21(32)13-23(34)29(20)45-15-18-6-5-7-22(33)10-18/h5-14,28H,4,15-16H2,1-3H3,(H,38,39)(H2,36,37,41)/b35-14+/t28-/m0/s1. The number of hydrogen-bond acceptors (Lipinski definition) is 8. The van der Waals surface area contributed by atoms with Gasteiger partial charge in [0.05, 0.1) is 35.1 Å². The molecule has 0 unspecified atom stereocenters. The molecule has 0 aromatic heterocycles. The molecule has 1 heterocycles. The molecule has 3 aromatic carbocycles. The van der Waals surface area contributed by atoms with Crippen LogP contribution in [0.15, 0.2) is 75.4 Å². The van der Waals surface area contributed by atoms with Gasteiger partial charge in [-0.25, -0.2) is 15.0 Å². The van der Waals surface area contributed by atoms with Gasteiger partial charge in [0.25, 0.3) is 5.91 Å². The minimum Gasteiger partial charge on any atom is -0.493 e. The van der Waals surface area contributed by atoms with Crippen LogP contribution in [-0.4, -0.2) is 44.4 Å². The van der Waals surface area contributed by atoms with E-state index in [0.717, 1.165) is 13.6 Å². The summed E-state index contributed by atoms with van der Waals surface area (Å²) in [7, 11) is 1.44. The van der Waals surface area contributed by atoms with Crippen molar-refractivity contribution >= 4 is 74.2 Å². The summed E-state index contributed by atoms with van der Waals surface area (Å²) in [6, 6.07) is 14.7. The molecule has 0 fully saturated rings. The lowest BCUT2D eigenvalue weighted by Crippen LogP contribution is -2.45. The Balaban J connectivity index is 1.41. The molecule has 1 aliphatic heterocycles. The number of methoxy groups -OCH3 is 1. The Hall–Kier alpha value is -3.82. The summed E-state index contributed by atoms with van der Waals surface area (Å²) in [5, 5.41) is 10.0. The number of esters is 1. The van der Waals surface area contributed by atoms with Gasteiger partial charge in [0.1, 0.15) is 12.4 Å². The number of carbonyl (C=O) groups is 3. The van der Waals surface area contributed by atoms with Crippen LogP contribution in [0.4, 0.5) is 4.79 Å². The third kappa shape index (κ3) is 9.11. The number of carbonyl (C=O) groups excluding carboxylic acids is 3. The maximum Gasteiger partial charge on any atom is 0.338 e. The molecular formula is C31H29BrClIN4O7. The average molecular weight is 812 g/mol. The smallest absolute Gasteiger partial charge is 0.338 e. The number of hydrazone groups is 1. The van der Waals surface area contributed by atoms with Gasteiger partial charge < -0.3 is 29.6 Å². The monoisotopic (exact) mass is 810 g/mol. The molecule has 0 saturated carbocycles. The summed E-state index contributed by atoms with van der Waals surface area (Å²) < 4.78 is 24.1. The lowest BCUT2D eigenvalue weighted by atomic mass is 9.95. The normalized spacial score (nSPS) is 14.4. The maximum atomic E-state index is 12.6. The molecule has 0 bridgehead atoms. The molecule has 236 valence electrons. The van der Waals surface area contributed by atoms with Gasteiger partial charge in [0.2, 0.25) is 0 Å². The van der Waals surface area contributed by atoms with Gasteiger partial charge in [-0.05, 0) is 84.0 Å². The number of urea groups is 1. The number of benzene rings is 3. The third-order valence-electron chi connectivity index (χ3n) is 6.35. The van der Waals surface area contributed by atoms with E-state index in [1.807, 2.05) is 30.3 Å². The first kappa shape index (κ1) is 34.1. The molecule has 3 aromatic rings. The summed E-state index contributed by atoms with van der Waals surface area (Å²) in [5.41, 5.74) is 5.21. The Morgan fingerprint density at radius 1 is 1.13 bits per heavy atom. The van der Waals surface area contributed by atoms with Crippen molar-refractivity contribution in [1.29, 1.82) is 0 Å². The largest absolute Gasteiger partial charge is 0.493 e. The number of hydrogen-bond donors (Lipinski definition) is 3. The lowest BCUT2D eigenvalue weighted by Gasteiger charge is -2.28. The predicted molar refractivity (Wildman–Crippen MR) is 181 cm³/mol. The fraction of sp³-hybridized carbons (Fsp3) is 0.226. The average Bonchev–Trinajstić information content (AvgIpc) is 2.99. The highest BCUT2D eigenvalue weighted by Crippen LogP contribution is 2.35. The molecule has 0 saturated heterocycles. The number of halogens is 3. The fourth-order valence-corrected chi connectivity index (χ4v) is 6.29. The highest BCUT2D eigenvalue weighted by Gasteiger charge is 2.32. The number of ether oxygens (including phenoxy) is 4. The molecule has 11 nitrogen and oxygen atoms in total. The highest BCUT2D eigenvalue weighted by atomic mass is 127. The van der Waals surface area contributed by atoms with Crippen molar-refractivity contribution < 1.29 is 33.3 Å². The Morgan fingerprint density at radius 3 is 2.67 bits per heavy atom. The van der Waals surface area contributed by atoms with E-state index in [0.29, 0.717) is 40.0 Å².